The van der Waals surface area contributed by atoms with E-state index in [0.29, 0.717) is 36.2 Å². The van der Waals surface area contributed by atoms with Crippen molar-refractivity contribution in [3.05, 3.63) is 47.5 Å². The third kappa shape index (κ3) is 9.00. The number of carbonyl (C=O) groups excluding carboxylic acids is 1. The molecule has 1 amide bonds. The molecule has 0 aliphatic heterocycles. The van der Waals surface area contributed by atoms with Gasteiger partial charge >= 0.3 is 12.1 Å². The van der Waals surface area contributed by atoms with Gasteiger partial charge in [0.25, 0.3) is 0 Å². The Morgan fingerprint density at radius 3 is 2.55 bits per heavy atom. The van der Waals surface area contributed by atoms with E-state index >= 15 is 0 Å². The van der Waals surface area contributed by atoms with E-state index in [2.05, 4.69) is 34.9 Å². The summed E-state index contributed by atoms with van der Waals surface area (Å²) < 4.78 is 18.9. The summed E-state index contributed by atoms with van der Waals surface area (Å²) in [6.45, 7) is 13.1. The molecule has 38 heavy (non-hydrogen) atoms. The van der Waals surface area contributed by atoms with Gasteiger partial charge in [-0.3, -0.25) is 4.98 Å². The van der Waals surface area contributed by atoms with Crippen LogP contribution in [0.25, 0.3) is 11.0 Å². The zero-order valence-electron chi connectivity index (χ0n) is 22.6. The van der Waals surface area contributed by atoms with E-state index < -0.39 is 31.8 Å². The van der Waals surface area contributed by atoms with E-state index in [9.17, 15) is 14.7 Å². The SMILES string of the molecule is CC(C)(C)OC(=O)NC(Cc1ccc(Oc2cc(Cl)nc3c2ccn3COCC[Si](C)(C)C)cn1)C(=O)O. The molecule has 0 aliphatic carbocycles. The van der Waals surface area contributed by atoms with E-state index in [1.807, 2.05) is 16.8 Å². The van der Waals surface area contributed by atoms with E-state index in [0.717, 1.165) is 11.4 Å². The largest absolute Gasteiger partial charge is 0.480 e. The van der Waals surface area contributed by atoms with Crippen molar-refractivity contribution in [2.24, 2.45) is 0 Å². The van der Waals surface area contributed by atoms with Crippen LogP contribution in [0.1, 0.15) is 26.5 Å². The van der Waals surface area contributed by atoms with Crippen LogP contribution in [0, 0.1) is 0 Å². The maximum absolute atomic E-state index is 12.0. The van der Waals surface area contributed by atoms with Crippen molar-refractivity contribution >= 4 is 42.8 Å². The van der Waals surface area contributed by atoms with Gasteiger partial charge in [-0.05, 0) is 45.0 Å². The average molecular weight is 563 g/mol. The molecule has 2 N–H and O–H groups in total. The van der Waals surface area contributed by atoms with Crippen LogP contribution in [0.15, 0.2) is 36.7 Å². The van der Waals surface area contributed by atoms with Gasteiger partial charge < -0.3 is 29.2 Å². The van der Waals surface area contributed by atoms with Gasteiger partial charge in [0.05, 0.1) is 11.6 Å². The van der Waals surface area contributed by atoms with Crippen LogP contribution in [0.5, 0.6) is 11.5 Å². The molecule has 0 spiro atoms. The van der Waals surface area contributed by atoms with Crippen molar-refractivity contribution in [2.75, 3.05) is 6.61 Å². The Balaban J connectivity index is 1.68. The minimum atomic E-state index is -1.20. The number of aliphatic carboxylic acids is 1. The lowest BCUT2D eigenvalue weighted by Crippen LogP contribution is -2.44. The standard InChI is InChI=1S/C26H35ClN4O6Si/c1-26(2,3)37-25(34)29-20(24(32)33)13-17-7-8-18(15-28-17)36-21-14-22(27)30-23-19(21)9-10-31(23)16-35-11-12-38(4,5)6/h7-10,14-15,20H,11-13,16H2,1-6H3,(H,29,34)(H,32,33). The molecule has 3 rings (SSSR count). The first kappa shape index (κ1) is 29.4. The number of ether oxygens (including phenoxy) is 3. The minimum Gasteiger partial charge on any atom is -0.480 e. The van der Waals surface area contributed by atoms with E-state index in [1.165, 1.54) is 6.20 Å². The Morgan fingerprint density at radius 1 is 1.21 bits per heavy atom. The van der Waals surface area contributed by atoms with Crippen molar-refractivity contribution in [1.82, 2.24) is 19.9 Å². The van der Waals surface area contributed by atoms with Crippen LogP contribution >= 0.6 is 11.6 Å². The highest BCUT2D eigenvalue weighted by Crippen LogP contribution is 2.32. The predicted molar refractivity (Wildman–Crippen MR) is 148 cm³/mol. The third-order valence-corrected chi connectivity index (χ3v) is 7.21. The van der Waals surface area contributed by atoms with Crippen molar-refractivity contribution in [1.29, 1.82) is 0 Å². The average Bonchev–Trinajstić information content (AvgIpc) is 3.18. The van der Waals surface area contributed by atoms with E-state index in [1.54, 1.807) is 39.0 Å². The fraction of sp³-hybridized carbons (Fsp3) is 0.462. The maximum atomic E-state index is 12.0. The number of hydrogen-bond acceptors (Lipinski definition) is 7. The molecule has 3 aromatic heterocycles. The Morgan fingerprint density at radius 2 is 1.95 bits per heavy atom. The molecular formula is C26H35ClN4O6Si. The molecule has 0 saturated carbocycles. The number of carboxylic acids is 1. The number of carbonyl (C=O) groups is 2. The van der Waals surface area contributed by atoms with Gasteiger partial charge in [-0.1, -0.05) is 31.2 Å². The Bertz CT molecular complexity index is 1270. The van der Waals surface area contributed by atoms with Gasteiger partial charge in [-0.15, -0.1) is 0 Å². The molecule has 0 bridgehead atoms. The highest BCUT2D eigenvalue weighted by molar-refractivity contribution is 6.76. The molecule has 10 nitrogen and oxygen atoms in total. The van der Waals surface area contributed by atoms with Crippen molar-refractivity contribution in [2.45, 2.75) is 71.3 Å². The molecule has 206 valence electrons. The summed E-state index contributed by atoms with van der Waals surface area (Å²) in [5.41, 5.74) is 0.357. The van der Waals surface area contributed by atoms with Crippen molar-refractivity contribution < 1.29 is 28.9 Å². The fourth-order valence-electron chi connectivity index (χ4n) is 3.41. The van der Waals surface area contributed by atoms with Crippen LogP contribution in [-0.4, -0.2) is 58.0 Å². The monoisotopic (exact) mass is 562 g/mol. The van der Waals surface area contributed by atoms with Gasteiger partial charge in [-0.25, -0.2) is 14.6 Å². The molecule has 12 heteroatoms. The smallest absolute Gasteiger partial charge is 0.408 e. The first-order chi connectivity index (χ1) is 17.7. The molecular weight excluding hydrogens is 528 g/mol. The van der Waals surface area contributed by atoms with Crippen LogP contribution in [0.4, 0.5) is 4.79 Å². The lowest BCUT2D eigenvalue weighted by atomic mass is 10.1. The molecule has 1 unspecified atom stereocenters. The summed E-state index contributed by atoms with van der Waals surface area (Å²) in [5, 5.41) is 12.9. The van der Waals surface area contributed by atoms with Crippen LogP contribution in [0.2, 0.25) is 30.8 Å². The second kappa shape index (κ2) is 12.1. The number of aromatic nitrogens is 3. The van der Waals surface area contributed by atoms with Crippen molar-refractivity contribution in [3.63, 3.8) is 0 Å². The number of fused-ring (bicyclic) bond motifs is 1. The van der Waals surface area contributed by atoms with E-state index in [-0.39, 0.29) is 11.6 Å². The quantitative estimate of drug-likeness (QED) is 0.173. The molecule has 0 fully saturated rings. The molecule has 3 heterocycles. The minimum absolute atomic E-state index is 0.0270. The number of nitrogens with one attached hydrogen (secondary N) is 1. The van der Waals surface area contributed by atoms with Crippen LogP contribution in [-0.2, 0) is 27.4 Å². The van der Waals surface area contributed by atoms with Gasteiger partial charge in [-0.2, -0.15) is 0 Å². The first-order valence-corrected chi connectivity index (χ1v) is 16.4. The van der Waals surface area contributed by atoms with Crippen LogP contribution < -0.4 is 10.1 Å². The number of pyridine rings is 2. The number of hydrogen-bond donors (Lipinski definition) is 2. The van der Waals surface area contributed by atoms with Crippen molar-refractivity contribution in [3.8, 4) is 11.5 Å². The highest BCUT2D eigenvalue weighted by atomic mass is 35.5. The number of nitrogens with zero attached hydrogens (tertiary/aromatic N) is 3. The summed E-state index contributed by atoms with van der Waals surface area (Å²) in [6, 6.07) is 6.69. The summed E-state index contributed by atoms with van der Waals surface area (Å²) in [4.78, 5) is 32.4. The number of rotatable bonds is 11. The van der Waals surface area contributed by atoms with Gasteiger partial charge in [0.1, 0.15) is 40.7 Å². The lowest BCUT2D eigenvalue weighted by molar-refractivity contribution is -0.139. The summed E-state index contributed by atoms with van der Waals surface area (Å²) in [7, 11) is -1.18. The molecule has 0 saturated heterocycles. The summed E-state index contributed by atoms with van der Waals surface area (Å²) in [6.07, 6.45) is 2.52. The molecule has 3 aromatic rings. The Kier molecular flexibility index (Phi) is 9.39. The maximum Gasteiger partial charge on any atom is 0.408 e. The third-order valence-electron chi connectivity index (χ3n) is 5.32. The molecule has 0 radical (unpaired) electrons. The summed E-state index contributed by atoms with van der Waals surface area (Å²) >= 11 is 6.28. The Labute approximate surface area is 228 Å². The van der Waals surface area contributed by atoms with Gasteiger partial charge in [0.15, 0.2) is 0 Å². The molecule has 1 atom stereocenters. The second-order valence-corrected chi connectivity index (χ2v) is 17.2. The number of carboxylic acid groups (broad SMARTS) is 1. The first-order valence-electron chi connectivity index (χ1n) is 12.3. The number of alkyl carbamates (subject to hydrolysis) is 1. The molecule has 0 aromatic carbocycles. The normalized spacial score (nSPS) is 12.8. The predicted octanol–water partition coefficient (Wildman–Crippen LogP) is 5.71. The van der Waals surface area contributed by atoms with Gasteiger partial charge in [0, 0.05) is 39.1 Å². The number of amides is 1. The zero-order valence-corrected chi connectivity index (χ0v) is 24.3. The molecule has 0 aliphatic rings. The van der Waals surface area contributed by atoms with Crippen LogP contribution in [0.3, 0.4) is 0 Å². The van der Waals surface area contributed by atoms with E-state index in [4.69, 9.17) is 25.8 Å². The lowest BCUT2D eigenvalue weighted by Gasteiger charge is -2.21. The highest BCUT2D eigenvalue weighted by Gasteiger charge is 2.24. The topological polar surface area (TPSA) is 125 Å². The summed E-state index contributed by atoms with van der Waals surface area (Å²) in [5.74, 6) is -0.255. The van der Waals surface area contributed by atoms with Gasteiger partial charge in [0.2, 0.25) is 0 Å². The Hall–Kier alpha value is -3.15. The number of halogens is 1. The second-order valence-electron chi connectivity index (χ2n) is 11.1. The zero-order chi connectivity index (χ0) is 28.1. The fourth-order valence-corrected chi connectivity index (χ4v) is 4.34.